The lowest BCUT2D eigenvalue weighted by molar-refractivity contribution is 0.0519. The Bertz CT molecular complexity index is 298. The zero-order chi connectivity index (χ0) is 10.4. The van der Waals surface area contributed by atoms with Crippen LogP contribution >= 0.6 is 0 Å². The van der Waals surface area contributed by atoms with E-state index in [1.807, 2.05) is 0 Å². The van der Waals surface area contributed by atoms with Crippen LogP contribution < -0.4 is 0 Å². The number of carbonyl (C=O) groups is 1. The molecule has 6 nitrogen and oxygen atoms in total. The van der Waals surface area contributed by atoms with Gasteiger partial charge in [0.25, 0.3) is 0 Å². The molecule has 0 fully saturated rings. The van der Waals surface area contributed by atoms with Crippen molar-refractivity contribution in [2.75, 3.05) is 13.2 Å². The molecule has 1 rings (SSSR count). The van der Waals surface area contributed by atoms with Crippen molar-refractivity contribution in [2.45, 2.75) is 19.9 Å². The van der Waals surface area contributed by atoms with Crippen molar-refractivity contribution in [2.24, 2.45) is 0 Å². The van der Waals surface area contributed by atoms with Crippen LogP contribution in [0.1, 0.15) is 23.8 Å². The van der Waals surface area contributed by atoms with Crippen molar-refractivity contribution in [1.29, 1.82) is 0 Å². The molecule has 0 radical (unpaired) electrons. The fourth-order valence-electron chi connectivity index (χ4n) is 0.939. The summed E-state index contributed by atoms with van der Waals surface area (Å²) in [6, 6.07) is 0. The number of hydrogen-bond acceptors (Lipinski definition) is 5. The van der Waals surface area contributed by atoms with E-state index in [2.05, 4.69) is 10.3 Å². The molecule has 0 aromatic carbocycles. The van der Waals surface area contributed by atoms with Crippen LogP contribution in [0.2, 0.25) is 0 Å². The molecule has 0 atom stereocenters. The Morgan fingerprint density at radius 1 is 1.71 bits per heavy atom. The van der Waals surface area contributed by atoms with Crippen molar-refractivity contribution >= 4 is 5.97 Å². The number of aliphatic hydroxyl groups excluding tert-OH is 1. The van der Waals surface area contributed by atoms with E-state index in [0.717, 1.165) is 0 Å². The van der Waals surface area contributed by atoms with Gasteiger partial charge in [0.1, 0.15) is 0 Å². The van der Waals surface area contributed by atoms with Crippen molar-refractivity contribution in [3.63, 3.8) is 0 Å². The van der Waals surface area contributed by atoms with Gasteiger partial charge in [-0.1, -0.05) is 5.21 Å². The Morgan fingerprint density at radius 2 is 2.50 bits per heavy atom. The zero-order valence-electron chi connectivity index (χ0n) is 8.01. The molecule has 0 unspecified atom stereocenters. The number of rotatable bonds is 5. The van der Waals surface area contributed by atoms with E-state index >= 15 is 0 Å². The Hall–Kier alpha value is -1.43. The highest BCUT2D eigenvalue weighted by atomic mass is 16.5. The summed E-state index contributed by atoms with van der Waals surface area (Å²) in [6.07, 6.45) is 2.10. The summed E-state index contributed by atoms with van der Waals surface area (Å²) in [4.78, 5) is 11.1. The SMILES string of the molecule is CCOC(=O)c1cn(CCCO)nn1. The summed E-state index contributed by atoms with van der Waals surface area (Å²) < 4.78 is 6.24. The van der Waals surface area contributed by atoms with Gasteiger partial charge in [0.2, 0.25) is 0 Å². The average molecular weight is 199 g/mol. The van der Waals surface area contributed by atoms with Gasteiger partial charge in [-0.2, -0.15) is 0 Å². The minimum absolute atomic E-state index is 0.0919. The summed E-state index contributed by atoms with van der Waals surface area (Å²) in [5.74, 6) is -0.470. The maximum absolute atomic E-state index is 11.1. The van der Waals surface area contributed by atoms with Crippen LogP contribution in [0.15, 0.2) is 6.20 Å². The minimum atomic E-state index is -0.470. The largest absolute Gasteiger partial charge is 0.461 e. The van der Waals surface area contributed by atoms with E-state index in [-0.39, 0.29) is 12.3 Å². The molecule has 14 heavy (non-hydrogen) atoms. The monoisotopic (exact) mass is 199 g/mol. The third-order valence-electron chi connectivity index (χ3n) is 1.57. The van der Waals surface area contributed by atoms with Crippen LogP contribution in [0.4, 0.5) is 0 Å². The lowest BCUT2D eigenvalue weighted by Crippen LogP contribution is -2.05. The molecule has 1 aromatic heterocycles. The summed E-state index contributed by atoms with van der Waals surface area (Å²) in [5.41, 5.74) is 0.199. The van der Waals surface area contributed by atoms with Crippen LogP contribution in [-0.2, 0) is 11.3 Å². The third kappa shape index (κ3) is 2.81. The second-order valence-corrected chi connectivity index (χ2v) is 2.66. The molecule has 0 aliphatic rings. The summed E-state index contributed by atoms with van der Waals surface area (Å²) >= 11 is 0. The van der Waals surface area contributed by atoms with Gasteiger partial charge in [0, 0.05) is 13.2 Å². The van der Waals surface area contributed by atoms with E-state index in [1.165, 1.54) is 10.9 Å². The molecular formula is C8H13N3O3. The fourth-order valence-corrected chi connectivity index (χ4v) is 0.939. The number of ether oxygens (including phenoxy) is 1. The van der Waals surface area contributed by atoms with E-state index in [0.29, 0.717) is 19.6 Å². The van der Waals surface area contributed by atoms with Gasteiger partial charge >= 0.3 is 5.97 Å². The highest BCUT2D eigenvalue weighted by Crippen LogP contribution is 1.97. The van der Waals surface area contributed by atoms with Gasteiger partial charge in [-0.25, -0.2) is 4.79 Å². The first-order valence-electron chi connectivity index (χ1n) is 4.46. The van der Waals surface area contributed by atoms with Gasteiger partial charge in [-0.05, 0) is 13.3 Å². The van der Waals surface area contributed by atoms with E-state index in [4.69, 9.17) is 9.84 Å². The Morgan fingerprint density at radius 3 is 3.14 bits per heavy atom. The van der Waals surface area contributed by atoms with E-state index < -0.39 is 5.97 Å². The first kappa shape index (κ1) is 10.6. The van der Waals surface area contributed by atoms with Gasteiger partial charge < -0.3 is 9.84 Å². The molecule has 0 saturated heterocycles. The van der Waals surface area contributed by atoms with Gasteiger partial charge in [-0.15, -0.1) is 5.10 Å². The normalized spacial score (nSPS) is 10.1. The maximum Gasteiger partial charge on any atom is 0.360 e. The summed E-state index contributed by atoms with van der Waals surface area (Å²) in [7, 11) is 0. The number of nitrogens with zero attached hydrogens (tertiary/aromatic N) is 3. The molecule has 1 N–H and O–H groups in total. The molecule has 78 valence electrons. The number of aromatic nitrogens is 3. The van der Waals surface area contributed by atoms with Crippen LogP contribution in [0.5, 0.6) is 0 Å². The standard InChI is InChI=1S/C8H13N3O3/c1-2-14-8(13)7-6-11(10-9-7)4-3-5-12/h6,12H,2-5H2,1H3. The predicted octanol–water partition coefficient (Wildman–Crippen LogP) is -0.163. The second kappa shape index (κ2) is 5.33. The van der Waals surface area contributed by atoms with Crippen molar-refractivity contribution in [3.8, 4) is 0 Å². The molecule has 0 aliphatic heterocycles. The molecule has 0 amide bonds. The Kier molecular flexibility index (Phi) is 4.06. The molecule has 6 heteroatoms. The van der Waals surface area contributed by atoms with Crippen LogP contribution in [0.25, 0.3) is 0 Å². The minimum Gasteiger partial charge on any atom is -0.461 e. The lowest BCUT2D eigenvalue weighted by atomic mass is 10.4. The van der Waals surface area contributed by atoms with Crippen molar-refractivity contribution in [1.82, 2.24) is 15.0 Å². The fraction of sp³-hybridized carbons (Fsp3) is 0.625. The van der Waals surface area contributed by atoms with Gasteiger partial charge in [0.05, 0.1) is 12.8 Å². The topological polar surface area (TPSA) is 77.2 Å². The second-order valence-electron chi connectivity index (χ2n) is 2.66. The Labute approximate surface area is 81.5 Å². The Balaban J connectivity index is 2.54. The highest BCUT2D eigenvalue weighted by molar-refractivity contribution is 5.86. The van der Waals surface area contributed by atoms with Crippen molar-refractivity contribution in [3.05, 3.63) is 11.9 Å². The third-order valence-corrected chi connectivity index (χ3v) is 1.57. The quantitative estimate of drug-likeness (QED) is 0.666. The molecule has 1 aromatic rings. The molecule has 1 heterocycles. The number of esters is 1. The summed E-state index contributed by atoms with van der Waals surface area (Å²) in [6.45, 7) is 2.69. The summed E-state index contributed by atoms with van der Waals surface area (Å²) in [5, 5.41) is 15.9. The molecular weight excluding hydrogens is 186 g/mol. The first-order valence-corrected chi connectivity index (χ1v) is 4.46. The molecule has 0 aliphatic carbocycles. The van der Waals surface area contributed by atoms with Crippen molar-refractivity contribution < 1.29 is 14.6 Å². The van der Waals surface area contributed by atoms with E-state index in [9.17, 15) is 4.79 Å². The molecule has 0 saturated carbocycles. The number of carbonyl (C=O) groups excluding carboxylic acids is 1. The molecule has 0 spiro atoms. The molecule has 0 bridgehead atoms. The van der Waals surface area contributed by atoms with Crippen LogP contribution in [0, 0.1) is 0 Å². The smallest absolute Gasteiger partial charge is 0.360 e. The van der Waals surface area contributed by atoms with E-state index in [1.54, 1.807) is 6.92 Å². The lowest BCUT2D eigenvalue weighted by Gasteiger charge is -1.96. The van der Waals surface area contributed by atoms with Crippen LogP contribution in [0.3, 0.4) is 0 Å². The number of hydrogen-bond donors (Lipinski definition) is 1. The first-order chi connectivity index (χ1) is 6.77. The van der Waals surface area contributed by atoms with Crippen LogP contribution in [-0.4, -0.2) is 39.3 Å². The number of aliphatic hydroxyl groups is 1. The average Bonchev–Trinajstić information content (AvgIpc) is 2.63. The predicted molar refractivity (Wildman–Crippen MR) is 47.7 cm³/mol. The zero-order valence-corrected chi connectivity index (χ0v) is 8.01. The number of aryl methyl sites for hydroxylation is 1. The van der Waals surface area contributed by atoms with Gasteiger partial charge in [0.15, 0.2) is 5.69 Å². The maximum atomic E-state index is 11.1. The highest BCUT2D eigenvalue weighted by Gasteiger charge is 2.10. The van der Waals surface area contributed by atoms with Gasteiger partial charge in [-0.3, -0.25) is 4.68 Å².